The first-order valence-electron chi connectivity index (χ1n) is 12.6. The Hall–Kier alpha value is -2.97. The van der Waals surface area contributed by atoms with Gasteiger partial charge in [0.05, 0.1) is 17.9 Å². The first-order chi connectivity index (χ1) is 17.0. The minimum atomic E-state index is -1.21. The maximum atomic E-state index is 14.0. The van der Waals surface area contributed by atoms with Crippen LogP contribution in [0.25, 0.3) is 0 Å². The number of hydrogen-bond donors (Lipinski definition) is 1. The van der Waals surface area contributed by atoms with Crippen LogP contribution in [0.3, 0.4) is 0 Å². The van der Waals surface area contributed by atoms with E-state index in [0.29, 0.717) is 32.6 Å². The molecule has 0 radical (unpaired) electrons. The van der Waals surface area contributed by atoms with Gasteiger partial charge < -0.3 is 24.5 Å². The zero-order valence-electron chi connectivity index (χ0n) is 20.1. The largest absolute Gasteiger partial charge is 0.396 e. The van der Waals surface area contributed by atoms with Gasteiger partial charge in [0.15, 0.2) is 0 Å². The van der Waals surface area contributed by atoms with Crippen molar-refractivity contribution in [3.8, 4) is 0 Å². The molecule has 0 aromatic heterocycles. The minimum absolute atomic E-state index is 0.0916. The van der Waals surface area contributed by atoms with Crippen LogP contribution < -0.4 is 0 Å². The molecule has 35 heavy (non-hydrogen) atoms. The van der Waals surface area contributed by atoms with Gasteiger partial charge in [0.1, 0.15) is 11.6 Å². The average molecular weight is 480 g/mol. The Balaban J connectivity index is 1.54. The number of fused-ring (bicyclic) bond motifs is 2. The number of ether oxygens (including phenoxy) is 1. The summed E-state index contributed by atoms with van der Waals surface area (Å²) in [7, 11) is 0. The Morgan fingerprint density at radius 1 is 1.00 bits per heavy atom. The van der Waals surface area contributed by atoms with Gasteiger partial charge in [-0.05, 0) is 18.4 Å². The van der Waals surface area contributed by atoms with Crippen molar-refractivity contribution < 1.29 is 24.2 Å². The minimum Gasteiger partial charge on any atom is -0.396 e. The number of likely N-dealkylation sites (tertiary alicyclic amines) is 1. The number of carbonyl (C=O) groups excluding carboxylic acids is 3. The number of aliphatic hydroxyl groups is 1. The van der Waals surface area contributed by atoms with Crippen LogP contribution in [0.5, 0.6) is 0 Å². The monoisotopic (exact) mass is 479 g/mol. The molecule has 1 aromatic carbocycles. The molecule has 4 aliphatic rings. The number of carbonyl (C=O) groups is 3. The molecule has 2 saturated heterocycles. The van der Waals surface area contributed by atoms with Gasteiger partial charge in [-0.1, -0.05) is 61.6 Å². The van der Waals surface area contributed by atoms with Crippen LogP contribution in [0.4, 0.5) is 0 Å². The standard InChI is InChI=1S/C27H33N3O5/c1-2-13-28-14-6-11-20-21(24(28)32)22-25(33)30(16-8-17-31)23-26(34)29(15-7-12-27(22,23)35-20)18-19-9-4-3-5-10-19/h3-7,9-12,20-23,31H,2,8,13-18H2,1H3/t20-,21+,22+,23?,27+/m1/s1. The van der Waals surface area contributed by atoms with E-state index in [1.807, 2.05) is 61.6 Å². The third-order valence-electron chi connectivity index (χ3n) is 7.59. The zero-order chi connectivity index (χ0) is 24.6. The van der Waals surface area contributed by atoms with Crippen molar-refractivity contribution in [1.29, 1.82) is 0 Å². The highest BCUT2D eigenvalue weighted by molar-refractivity contribution is 5.99. The molecule has 3 amide bonds. The van der Waals surface area contributed by atoms with Crippen molar-refractivity contribution in [3.05, 3.63) is 60.2 Å². The summed E-state index contributed by atoms with van der Waals surface area (Å²) < 4.78 is 6.59. The van der Waals surface area contributed by atoms with Crippen LogP contribution in [-0.2, 0) is 25.7 Å². The summed E-state index contributed by atoms with van der Waals surface area (Å²) >= 11 is 0. The average Bonchev–Trinajstić information content (AvgIpc) is 3.18. The van der Waals surface area contributed by atoms with E-state index in [0.717, 1.165) is 12.0 Å². The molecule has 1 spiro atoms. The normalized spacial score (nSPS) is 31.9. The summed E-state index contributed by atoms with van der Waals surface area (Å²) in [5.74, 6) is -1.97. The van der Waals surface area contributed by atoms with Crippen LogP contribution in [0.1, 0.15) is 25.3 Å². The van der Waals surface area contributed by atoms with Gasteiger partial charge in [-0.2, -0.15) is 0 Å². The van der Waals surface area contributed by atoms with Crippen molar-refractivity contribution in [2.45, 2.75) is 44.1 Å². The molecule has 1 aromatic rings. The van der Waals surface area contributed by atoms with Crippen LogP contribution in [0.15, 0.2) is 54.6 Å². The van der Waals surface area contributed by atoms with Gasteiger partial charge in [0.2, 0.25) is 17.7 Å². The number of amides is 3. The van der Waals surface area contributed by atoms with Crippen LogP contribution in [0, 0.1) is 11.8 Å². The Morgan fingerprint density at radius 2 is 1.77 bits per heavy atom. The lowest BCUT2D eigenvalue weighted by atomic mass is 9.77. The van der Waals surface area contributed by atoms with E-state index in [2.05, 4.69) is 0 Å². The number of nitrogens with zero attached hydrogens (tertiary/aromatic N) is 3. The molecule has 1 N–H and O–H groups in total. The molecular weight excluding hydrogens is 446 g/mol. The fraction of sp³-hybridized carbons (Fsp3) is 0.519. The van der Waals surface area contributed by atoms with Gasteiger partial charge >= 0.3 is 0 Å². The smallest absolute Gasteiger partial charge is 0.249 e. The van der Waals surface area contributed by atoms with Crippen molar-refractivity contribution in [3.63, 3.8) is 0 Å². The SMILES string of the molecule is CCCN1CC=C[C@H]2O[C@]34C=CCN(Cc5ccccc5)C(=O)C3N(CCCO)C(=O)[C@@H]4[C@H]2C1=O. The maximum Gasteiger partial charge on any atom is 0.249 e. The van der Waals surface area contributed by atoms with E-state index >= 15 is 0 Å². The van der Waals surface area contributed by atoms with Crippen LogP contribution in [-0.4, -0.2) is 88.1 Å². The number of benzene rings is 1. The molecule has 4 heterocycles. The summed E-state index contributed by atoms with van der Waals surface area (Å²) in [5.41, 5.74) is -0.210. The molecule has 0 aliphatic carbocycles. The number of rotatable bonds is 7. The predicted octanol–water partition coefficient (Wildman–Crippen LogP) is 1.36. The van der Waals surface area contributed by atoms with E-state index in [-0.39, 0.29) is 30.9 Å². The van der Waals surface area contributed by atoms with Crippen LogP contribution >= 0.6 is 0 Å². The van der Waals surface area contributed by atoms with E-state index in [1.165, 1.54) is 0 Å². The molecular formula is C27H33N3O5. The van der Waals surface area contributed by atoms with Gasteiger partial charge in [-0.25, -0.2) is 0 Å². The maximum absolute atomic E-state index is 14.0. The summed E-state index contributed by atoms with van der Waals surface area (Å²) in [6.45, 7) is 4.08. The number of hydrogen-bond acceptors (Lipinski definition) is 5. The lowest BCUT2D eigenvalue weighted by Crippen LogP contribution is -2.55. The van der Waals surface area contributed by atoms with Crippen molar-refractivity contribution in [2.75, 3.05) is 32.8 Å². The first-order valence-corrected chi connectivity index (χ1v) is 12.6. The van der Waals surface area contributed by atoms with Crippen molar-refractivity contribution >= 4 is 17.7 Å². The molecule has 1 unspecified atom stereocenters. The predicted molar refractivity (Wildman–Crippen MR) is 129 cm³/mol. The van der Waals surface area contributed by atoms with E-state index in [4.69, 9.17) is 4.74 Å². The Labute approximate surface area is 205 Å². The lowest BCUT2D eigenvalue weighted by molar-refractivity contribution is -0.148. The fourth-order valence-electron chi connectivity index (χ4n) is 6.13. The van der Waals surface area contributed by atoms with Crippen molar-refractivity contribution in [2.24, 2.45) is 11.8 Å². The summed E-state index contributed by atoms with van der Waals surface area (Å²) in [5, 5.41) is 9.49. The van der Waals surface area contributed by atoms with Crippen LogP contribution in [0.2, 0.25) is 0 Å². The number of aliphatic hydroxyl groups excluding tert-OH is 1. The highest BCUT2D eigenvalue weighted by Gasteiger charge is 2.71. The Kier molecular flexibility index (Phi) is 6.51. The fourth-order valence-corrected chi connectivity index (χ4v) is 6.13. The molecule has 2 fully saturated rings. The highest BCUT2D eigenvalue weighted by atomic mass is 16.5. The molecule has 0 saturated carbocycles. The topological polar surface area (TPSA) is 90.4 Å². The lowest BCUT2D eigenvalue weighted by Gasteiger charge is -2.35. The first kappa shape index (κ1) is 23.8. The summed E-state index contributed by atoms with van der Waals surface area (Å²) in [6, 6.07) is 8.88. The second-order valence-corrected chi connectivity index (χ2v) is 9.77. The van der Waals surface area contributed by atoms with Gasteiger partial charge in [0.25, 0.3) is 0 Å². The van der Waals surface area contributed by atoms with E-state index < -0.39 is 29.6 Å². The molecule has 8 heteroatoms. The van der Waals surface area contributed by atoms with Gasteiger partial charge in [-0.3, -0.25) is 14.4 Å². The second kappa shape index (κ2) is 9.59. The molecule has 5 atom stereocenters. The Bertz CT molecular complexity index is 1040. The highest BCUT2D eigenvalue weighted by Crippen LogP contribution is 2.53. The van der Waals surface area contributed by atoms with Gasteiger partial charge in [-0.15, -0.1) is 0 Å². The quantitative estimate of drug-likeness (QED) is 0.597. The third kappa shape index (κ3) is 3.89. The third-order valence-corrected chi connectivity index (χ3v) is 7.59. The van der Waals surface area contributed by atoms with Crippen molar-refractivity contribution in [1.82, 2.24) is 14.7 Å². The molecule has 8 nitrogen and oxygen atoms in total. The summed E-state index contributed by atoms with van der Waals surface area (Å²) in [6.07, 6.45) is 8.20. The van der Waals surface area contributed by atoms with E-state index in [1.54, 1.807) is 14.7 Å². The molecule has 186 valence electrons. The molecule has 4 aliphatic heterocycles. The zero-order valence-corrected chi connectivity index (χ0v) is 20.1. The van der Waals surface area contributed by atoms with Gasteiger partial charge in [0, 0.05) is 39.3 Å². The molecule has 5 rings (SSSR count). The van der Waals surface area contributed by atoms with E-state index in [9.17, 15) is 19.5 Å². The second-order valence-electron chi connectivity index (χ2n) is 9.77. The Morgan fingerprint density at radius 3 is 2.51 bits per heavy atom. The molecule has 0 bridgehead atoms. The summed E-state index contributed by atoms with van der Waals surface area (Å²) in [4.78, 5) is 46.7.